The number of nitrogens with one attached hydrogen (secondary N) is 2. The van der Waals surface area contributed by atoms with Crippen LogP contribution >= 0.6 is 0 Å². The molecule has 0 heterocycles. The molecular weight excluding hydrogens is 681 g/mol. The van der Waals surface area contributed by atoms with Gasteiger partial charge in [0.05, 0.1) is 34.4 Å². The van der Waals surface area contributed by atoms with Crippen LogP contribution in [0.15, 0.2) is 84.6 Å². The van der Waals surface area contributed by atoms with Crippen LogP contribution in [0.1, 0.15) is 72.2 Å². The average molecular weight is 719 g/mol. The number of allylic oxidation sites excluding steroid dienone is 4. The third-order valence-corrected chi connectivity index (χ3v) is 9.74. The largest absolute Gasteiger partial charge is 0.507 e. The van der Waals surface area contributed by atoms with Gasteiger partial charge in [-0.1, -0.05) is 39.8 Å². The van der Waals surface area contributed by atoms with Crippen LogP contribution in [-0.2, 0) is 9.59 Å². The highest BCUT2D eigenvalue weighted by Crippen LogP contribution is 2.53. The van der Waals surface area contributed by atoms with E-state index in [0.29, 0.717) is 55.9 Å². The monoisotopic (exact) mass is 718 g/mol. The fourth-order valence-corrected chi connectivity index (χ4v) is 7.22. The maximum atomic E-state index is 13.9. The molecule has 0 aliphatic heterocycles. The van der Waals surface area contributed by atoms with Crippen LogP contribution in [0.25, 0.3) is 33.4 Å². The zero-order valence-electron chi connectivity index (χ0n) is 30.6. The van der Waals surface area contributed by atoms with Crippen LogP contribution in [0.5, 0.6) is 11.5 Å². The second-order valence-electron chi connectivity index (χ2n) is 14.0. The number of aromatic hydroxyl groups is 2. The summed E-state index contributed by atoms with van der Waals surface area (Å²) in [6, 6.07) is 20.7. The van der Waals surface area contributed by atoms with Gasteiger partial charge in [-0.05, 0) is 96.5 Å². The normalized spacial score (nSPS) is 15.4. The molecule has 2 aliphatic rings. The first-order chi connectivity index (χ1) is 25.7. The third kappa shape index (κ3) is 6.14. The summed E-state index contributed by atoms with van der Waals surface area (Å²) >= 11 is 0. The van der Waals surface area contributed by atoms with Gasteiger partial charge in [0.2, 0.25) is 11.6 Å². The number of ketones is 2. The minimum atomic E-state index is -0.712. The van der Waals surface area contributed by atoms with Gasteiger partial charge in [-0.15, -0.1) is 0 Å². The Morgan fingerprint density at radius 1 is 0.574 bits per heavy atom. The number of hydrogen-bond donors (Lipinski definition) is 6. The highest BCUT2D eigenvalue weighted by atomic mass is 16.3. The Balaban J connectivity index is 1.60. The number of phenolic OH excluding ortho intramolecular Hbond substituents is 2. The van der Waals surface area contributed by atoms with Crippen molar-refractivity contribution in [1.29, 1.82) is 10.5 Å². The molecule has 4 aromatic carbocycles. The maximum Gasteiger partial charge on any atom is 0.229 e. The lowest BCUT2D eigenvalue weighted by atomic mass is 9.75. The number of hydrogen-bond acceptors (Lipinski definition) is 10. The molecule has 0 fully saturated rings. The van der Waals surface area contributed by atoms with Crippen molar-refractivity contribution < 1.29 is 30.0 Å². The van der Waals surface area contributed by atoms with Gasteiger partial charge in [0.1, 0.15) is 11.5 Å². The van der Waals surface area contributed by atoms with E-state index >= 15 is 0 Å². The van der Waals surface area contributed by atoms with Gasteiger partial charge >= 0.3 is 0 Å². The number of aliphatic hydroxyl groups is 2. The van der Waals surface area contributed by atoms with E-state index in [1.807, 2.05) is 27.7 Å². The summed E-state index contributed by atoms with van der Waals surface area (Å²) in [7, 11) is 0. The summed E-state index contributed by atoms with van der Waals surface area (Å²) in [6.07, 6.45) is 2.79. The molecule has 54 heavy (non-hydrogen) atoms. The van der Waals surface area contributed by atoms with E-state index in [1.54, 1.807) is 74.5 Å². The molecule has 270 valence electrons. The zero-order chi connectivity index (χ0) is 39.2. The molecule has 0 bridgehead atoms. The van der Waals surface area contributed by atoms with Gasteiger partial charge in [-0.25, -0.2) is 0 Å². The number of fused-ring (bicyclic) bond motifs is 2. The van der Waals surface area contributed by atoms with Crippen LogP contribution in [-0.4, -0.2) is 32.0 Å². The van der Waals surface area contributed by atoms with Crippen LogP contribution in [0.2, 0.25) is 0 Å². The van der Waals surface area contributed by atoms with Crippen LogP contribution in [0, 0.1) is 48.3 Å². The number of nitrogens with zero attached hydrogens (tertiary/aromatic N) is 2. The first kappa shape index (κ1) is 36.7. The van der Waals surface area contributed by atoms with Gasteiger partial charge in [0.15, 0.2) is 11.5 Å². The maximum absolute atomic E-state index is 13.9. The standard InChI is InChI=1S/C44H38N4O6/c1-21(2)33-29-15-23(5)35(41(51)37(29)31(39(49)43(33)53)19-47-27-11-7-25(17-45)8-12-27)36-24(6)16-30-34(22(3)4)44(54)40(50)32(38(30)42(36)52)20-48-28-13-9-26(18-46)10-14-28/h7-16,19-22,47-48,51-54H,1-6H3/b31-19-,32-20-. The predicted octanol–water partition coefficient (Wildman–Crippen LogP) is 9.05. The van der Waals surface area contributed by atoms with Crippen LogP contribution < -0.4 is 10.6 Å². The molecule has 0 saturated heterocycles. The van der Waals surface area contributed by atoms with Gasteiger partial charge in [-0.2, -0.15) is 10.5 Å². The van der Waals surface area contributed by atoms with Crippen molar-refractivity contribution in [3.8, 4) is 34.8 Å². The van der Waals surface area contributed by atoms with Gasteiger partial charge in [-0.3, -0.25) is 9.59 Å². The summed E-state index contributed by atoms with van der Waals surface area (Å²) < 4.78 is 0. The summed E-state index contributed by atoms with van der Waals surface area (Å²) in [5.74, 6) is -3.56. The van der Waals surface area contributed by atoms with Crippen molar-refractivity contribution in [2.45, 2.75) is 41.5 Å². The van der Waals surface area contributed by atoms with E-state index in [9.17, 15) is 40.5 Å². The van der Waals surface area contributed by atoms with Crippen molar-refractivity contribution in [2.24, 2.45) is 11.8 Å². The minimum Gasteiger partial charge on any atom is -0.507 e. The van der Waals surface area contributed by atoms with E-state index in [1.165, 1.54) is 12.4 Å². The number of carbonyl (C=O) groups excluding carboxylic acids is 2. The van der Waals surface area contributed by atoms with Gasteiger partial charge < -0.3 is 31.1 Å². The quantitative estimate of drug-likeness (QED) is 0.101. The summed E-state index contributed by atoms with van der Waals surface area (Å²) in [5, 5.41) is 71.5. The van der Waals surface area contributed by atoms with Crippen LogP contribution in [0.4, 0.5) is 11.4 Å². The Kier molecular flexibility index (Phi) is 9.64. The Morgan fingerprint density at radius 2 is 0.907 bits per heavy atom. The lowest BCUT2D eigenvalue weighted by Gasteiger charge is -2.29. The van der Waals surface area contributed by atoms with E-state index in [0.717, 1.165) is 0 Å². The fourth-order valence-electron chi connectivity index (χ4n) is 7.22. The molecule has 4 aromatic rings. The highest BCUT2D eigenvalue weighted by molar-refractivity contribution is 6.35. The van der Waals surface area contributed by atoms with Gasteiger partial charge in [0, 0.05) is 57.2 Å². The molecule has 6 N–H and O–H groups in total. The number of carbonyl (C=O) groups is 2. The number of anilines is 2. The van der Waals surface area contributed by atoms with Crippen molar-refractivity contribution in [1.82, 2.24) is 0 Å². The predicted molar refractivity (Wildman–Crippen MR) is 209 cm³/mol. The smallest absolute Gasteiger partial charge is 0.229 e. The minimum absolute atomic E-state index is 0.0255. The number of phenols is 2. The van der Waals surface area contributed by atoms with Crippen LogP contribution in [0.3, 0.4) is 0 Å². The molecule has 0 unspecified atom stereocenters. The molecular formula is C44H38N4O6. The first-order valence-corrected chi connectivity index (χ1v) is 17.3. The van der Waals surface area contributed by atoms with E-state index < -0.39 is 23.1 Å². The third-order valence-electron chi connectivity index (χ3n) is 9.74. The molecule has 2 aliphatic carbocycles. The number of nitriles is 2. The average Bonchev–Trinajstić information content (AvgIpc) is 3.13. The van der Waals surface area contributed by atoms with Crippen molar-refractivity contribution in [3.63, 3.8) is 0 Å². The Morgan fingerprint density at radius 3 is 1.20 bits per heavy atom. The fraction of sp³-hybridized carbons (Fsp3) is 0.182. The van der Waals surface area contributed by atoms with E-state index in [4.69, 9.17) is 0 Å². The summed E-state index contributed by atoms with van der Waals surface area (Å²) in [4.78, 5) is 27.7. The van der Waals surface area contributed by atoms with E-state index in [2.05, 4.69) is 22.8 Å². The molecule has 0 radical (unpaired) electrons. The SMILES string of the molecule is Cc1cc2c(c(O)c1-c1c(C)cc3c(c1O)/C(=C/Nc1ccc(C#N)cc1)C(=O)C(O)=C3C(C)C)/C(=C/Nc1ccc(C#N)cc1)C(=O)C(O)=C2C(C)C. The molecule has 0 saturated carbocycles. The molecule has 0 aromatic heterocycles. The lowest BCUT2D eigenvalue weighted by molar-refractivity contribution is -0.113. The van der Waals surface area contributed by atoms with Crippen molar-refractivity contribution >= 4 is 45.2 Å². The number of Topliss-reactive ketones (excluding diaryl/α,β-unsaturated/α-hetero) is 2. The topological polar surface area (TPSA) is 187 Å². The van der Waals surface area contributed by atoms with E-state index in [-0.39, 0.29) is 56.7 Å². The highest BCUT2D eigenvalue weighted by Gasteiger charge is 2.38. The second-order valence-corrected chi connectivity index (χ2v) is 14.0. The number of aliphatic hydroxyl groups excluding tert-OH is 2. The first-order valence-electron chi connectivity index (χ1n) is 17.3. The van der Waals surface area contributed by atoms with Crippen molar-refractivity contribution in [2.75, 3.05) is 10.6 Å². The lowest BCUT2D eigenvalue weighted by Crippen LogP contribution is -2.20. The molecule has 6 rings (SSSR count). The van der Waals surface area contributed by atoms with Gasteiger partial charge in [0.25, 0.3) is 0 Å². The Labute approximate surface area is 313 Å². The molecule has 10 nitrogen and oxygen atoms in total. The summed E-state index contributed by atoms with van der Waals surface area (Å²) in [6.45, 7) is 10.8. The molecule has 0 spiro atoms. The summed E-state index contributed by atoms with van der Waals surface area (Å²) in [5.41, 5.74) is 5.32. The number of aryl methyl sites for hydroxylation is 2. The number of rotatable bonds is 7. The second kappa shape index (κ2) is 14.2. The Bertz CT molecular complexity index is 2310. The number of benzene rings is 4. The zero-order valence-corrected chi connectivity index (χ0v) is 30.6. The molecule has 0 atom stereocenters. The Hall–Kier alpha value is -7.04. The molecule has 10 heteroatoms. The van der Waals surface area contributed by atoms with Crippen molar-refractivity contribution in [3.05, 3.63) is 129 Å². The molecule has 0 amide bonds.